The highest BCUT2D eigenvalue weighted by molar-refractivity contribution is 9.10. The van der Waals surface area contributed by atoms with Crippen molar-refractivity contribution in [2.45, 2.75) is 0 Å². The number of esters is 1. The van der Waals surface area contributed by atoms with Crippen molar-refractivity contribution in [2.24, 2.45) is 0 Å². The van der Waals surface area contributed by atoms with Gasteiger partial charge in [-0.25, -0.2) is 9.36 Å². The first-order valence-electron chi connectivity index (χ1n) is 7.41. The van der Waals surface area contributed by atoms with Crippen LogP contribution >= 0.6 is 15.9 Å². The van der Waals surface area contributed by atoms with Crippen LogP contribution in [0.5, 0.6) is 5.88 Å². The predicted molar refractivity (Wildman–Crippen MR) is 98.2 cm³/mol. The summed E-state index contributed by atoms with van der Waals surface area (Å²) in [7, 11) is 1.23. The van der Waals surface area contributed by atoms with Gasteiger partial charge in [0.1, 0.15) is 5.56 Å². The van der Waals surface area contributed by atoms with Crippen LogP contribution in [-0.4, -0.2) is 22.8 Å². The SMILES string of the molecule is COC(=O)c1c(-c2ccc(Br)cc2)cc(=O)n(-c2ccccc2)c1O. The topological polar surface area (TPSA) is 68.5 Å². The molecule has 3 aromatic rings. The molecule has 0 aliphatic heterocycles. The number of pyridine rings is 1. The van der Waals surface area contributed by atoms with Crippen molar-refractivity contribution >= 4 is 21.9 Å². The molecule has 0 aliphatic rings. The molecule has 0 amide bonds. The zero-order chi connectivity index (χ0) is 18.0. The number of para-hydroxylation sites is 1. The fourth-order valence-corrected chi connectivity index (χ4v) is 2.85. The van der Waals surface area contributed by atoms with Gasteiger partial charge in [-0.05, 0) is 29.8 Å². The smallest absolute Gasteiger partial charge is 0.343 e. The Kier molecular flexibility index (Phi) is 4.72. The van der Waals surface area contributed by atoms with Gasteiger partial charge >= 0.3 is 5.97 Å². The van der Waals surface area contributed by atoms with Crippen LogP contribution in [0, 0.1) is 0 Å². The highest BCUT2D eigenvalue weighted by Gasteiger charge is 2.23. The minimum atomic E-state index is -0.722. The maximum absolute atomic E-state index is 12.6. The standard InChI is InChI=1S/C19H14BrNO4/c1-25-19(24)17-15(12-7-9-13(20)10-8-12)11-16(22)21(18(17)23)14-5-3-2-4-6-14/h2-11,23H,1H3. The van der Waals surface area contributed by atoms with Crippen LogP contribution in [0.4, 0.5) is 0 Å². The number of hydrogen-bond acceptors (Lipinski definition) is 4. The van der Waals surface area contributed by atoms with E-state index >= 15 is 0 Å². The molecular formula is C19H14BrNO4. The van der Waals surface area contributed by atoms with Gasteiger partial charge in [0.2, 0.25) is 5.88 Å². The summed E-state index contributed by atoms with van der Waals surface area (Å²) in [6, 6.07) is 17.0. The van der Waals surface area contributed by atoms with Crippen LogP contribution in [0.1, 0.15) is 10.4 Å². The molecule has 1 aromatic heterocycles. The van der Waals surface area contributed by atoms with E-state index in [4.69, 9.17) is 4.74 Å². The molecule has 0 unspecified atom stereocenters. The van der Waals surface area contributed by atoms with E-state index in [1.54, 1.807) is 54.6 Å². The van der Waals surface area contributed by atoms with Crippen molar-refractivity contribution in [2.75, 3.05) is 7.11 Å². The molecule has 3 rings (SSSR count). The lowest BCUT2D eigenvalue weighted by Gasteiger charge is -2.15. The van der Waals surface area contributed by atoms with Gasteiger partial charge in [-0.1, -0.05) is 46.3 Å². The minimum Gasteiger partial charge on any atom is -0.493 e. The molecule has 0 radical (unpaired) electrons. The summed E-state index contributed by atoms with van der Waals surface area (Å²) in [5.41, 5.74) is 0.880. The number of rotatable bonds is 3. The first-order chi connectivity index (χ1) is 12.0. The van der Waals surface area contributed by atoms with Crippen LogP contribution in [0.2, 0.25) is 0 Å². The summed E-state index contributed by atoms with van der Waals surface area (Å²) < 4.78 is 6.75. The fourth-order valence-electron chi connectivity index (χ4n) is 2.58. The quantitative estimate of drug-likeness (QED) is 0.680. The molecule has 0 saturated carbocycles. The summed E-state index contributed by atoms with van der Waals surface area (Å²) in [5.74, 6) is -1.18. The number of methoxy groups -OCH3 is 1. The van der Waals surface area contributed by atoms with Crippen molar-refractivity contribution in [1.82, 2.24) is 4.57 Å². The van der Waals surface area contributed by atoms with Crippen LogP contribution in [0.15, 0.2) is 69.9 Å². The number of aromatic nitrogens is 1. The Morgan fingerprint density at radius 2 is 1.72 bits per heavy atom. The molecule has 0 saturated heterocycles. The summed E-state index contributed by atoms with van der Waals surface area (Å²) in [4.78, 5) is 24.9. The first kappa shape index (κ1) is 17.0. The second kappa shape index (κ2) is 6.94. The van der Waals surface area contributed by atoms with Crippen LogP contribution in [0.3, 0.4) is 0 Å². The largest absolute Gasteiger partial charge is 0.493 e. The van der Waals surface area contributed by atoms with Gasteiger partial charge in [0.25, 0.3) is 5.56 Å². The van der Waals surface area contributed by atoms with E-state index in [1.807, 2.05) is 0 Å². The van der Waals surface area contributed by atoms with Crippen LogP contribution in [-0.2, 0) is 4.74 Å². The Labute approximate surface area is 152 Å². The highest BCUT2D eigenvalue weighted by atomic mass is 79.9. The van der Waals surface area contributed by atoms with Crippen LogP contribution < -0.4 is 5.56 Å². The molecule has 0 spiro atoms. The van der Waals surface area contributed by atoms with E-state index in [-0.39, 0.29) is 5.56 Å². The fraction of sp³-hybridized carbons (Fsp3) is 0.0526. The number of halogens is 1. The molecule has 1 heterocycles. The molecular weight excluding hydrogens is 386 g/mol. The molecule has 0 fully saturated rings. The summed E-state index contributed by atoms with van der Waals surface area (Å²) in [6.45, 7) is 0. The molecule has 0 bridgehead atoms. The summed E-state index contributed by atoms with van der Waals surface area (Å²) in [5, 5.41) is 10.7. The van der Waals surface area contributed by atoms with Crippen molar-refractivity contribution in [3.8, 4) is 22.7 Å². The Morgan fingerprint density at radius 3 is 2.32 bits per heavy atom. The van der Waals surface area contributed by atoms with Crippen molar-refractivity contribution < 1.29 is 14.6 Å². The van der Waals surface area contributed by atoms with Gasteiger partial charge in [-0.3, -0.25) is 4.79 Å². The molecule has 0 atom stereocenters. The Bertz CT molecular complexity index is 979. The minimum absolute atomic E-state index is 0.0618. The molecule has 25 heavy (non-hydrogen) atoms. The number of carbonyl (C=O) groups excluding carboxylic acids is 1. The second-order valence-corrected chi connectivity index (χ2v) is 6.18. The molecule has 0 aliphatic carbocycles. The number of carbonyl (C=O) groups is 1. The van der Waals surface area contributed by atoms with E-state index in [0.717, 1.165) is 9.04 Å². The number of aromatic hydroxyl groups is 1. The average Bonchev–Trinajstić information content (AvgIpc) is 2.62. The summed E-state index contributed by atoms with van der Waals surface area (Å²) >= 11 is 3.34. The predicted octanol–water partition coefficient (Wildman–Crippen LogP) is 3.76. The van der Waals surface area contributed by atoms with E-state index in [9.17, 15) is 14.7 Å². The lowest BCUT2D eigenvalue weighted by atomic mass is 10.0. The number of hydrogen-bond donors (Lipinski definition) is 1. The normalized spacial score (nSPS) is 10.5. The molecule has 1 N–H and O–H groups in total. The van der Waals surface area contributed by atoms with E-state index < -0.39 is 17.4 Å². The van der Waals surface area contributed by atoms with E-state index in [1.165, 1.54) is 13.2 Å². The lowest BCUT2D eigenvalue weighted by Crippen LogP contribution is -2.21. The van der Waals surface area contributed by atoms with Crippen molar-refractivity contribution in [3.05, 3.63) is 81.1 Å². The first-order valence-corrected chi connectivity index (χ1v) is 8.21. The maximum atomic E-state index is 12.6. The third kappa shape index (κ3) is 3.21. The molecule has 5 nitrogen and oxygen atoms in total. The molecule has 2 aromatic carbocycles. The maximum Gasteiger partial charge on any atom is 0.343 e. The average molecular weight is 400 g/mol. The summed E-state index contributed by atoms with van der Waals surface area (Å²) in [6.07, 6.45) is 0. The zero-order valence-corrected chi connectivity index (χ0v) is 14.9. The van der Waals surface area contributed by atoms with Crippen molar-refractivity contribution in [3.63, 3.8) is 0 Å². The third-order valence-electron chi connectivity index (χ3n) is 3.75. The lowest BCUT2D eigenvalue weighted by molar-refractivity contribution is 0.0597. The monoisotopic (exact) mass is 399 g/mol. The van der Waals surface area contributed by atoms with Gasteiger partial charge in [0.15, 0.2) is 0 Å². The second-order valence-electron chi connectivity index (χ2n) is 5.26. The van der Waals surface area contributed by atoms with Gasteiger partial charge < -0.3 is 9.84 Å². The van der Waals surface area contributed by atoms with Gasteiger partial charge in [0, 0.05) is 16.1 Å². The van der Waals surface area contributed by atoms with Crippen molar-refractivity contribution in [1.29, 1.82) is 0 Å². The zero-order valence-electron chi connectivity index (χ0n) is 13.3. The van der Waals surface area contributed by atoms with E-state index in [2.05, 4.69) is 15.9 Å². The highest BCUT2D eigenvalue weighted by Crippen LogP contribution is 2.31. The van der Waals surface area contributed by atoms with Gasteiger partial charge in [0.05, 0.1) is 12.8 Å². The van der Waals surface area contributed by atoms with Gasteiger partial charge in [-0.2, -0.15) is 0 Å². The molecule has 126 valence electrons. The number of ether oxygens (including phenoxy) is 1. The third-order valence-corrected chi connectivity index (χ3v) is 4.28. The van der Waals surface area contributed by atoms with Gasteiger partial charge in [-0.15, -0.1) is 0 Å². The molecule has 6 heteroatoms. The number of benzene rings is 2. The Balaban J connectivity index is 2.32. The Morgan fingerprint density at radius 1 is 1.08 bits per heavy atom. The number of nitrogens with zero attached hydrogens (tertiary/aromatic N) is 1. The van der Waals surface area contributed by atoms with E-state index in [0.29, 0.717) is 16.8 Å². The Hall–Kier alpha value is -2.86. The van der Waals surface area contributed by atoms with Crippen LogP contribution in [0.25, 0.3) is 16.8 Å².